The maximum atomic E-state index is 12.4. The lowest BCUT2D eigenvalue weighted by atomic mass is 9.99. The number of nitrogens with zero attached hydrogens (tertiary/aromatic N) is 4. The van der Waals surface area contributed by atoms with E-state index in [4.69, 9.17) is 5.11 Å². The fraction of sp³-hybridized carbons (Fsp3) is 0.0952. The Kier molecular flexibility index (Phi) is 4.98. The van der Waals surface area contributed by atoms with Crippen molar-refractivity contribution >= 4 is 22.6 Å². The number of aromatic carboxylic acids is 1. The molecule has 2 N–H and O–H groups in total. The molecule has 29 heavy (non-hydrogen) atoms. The molecule has 1 aromatic heterocycles. The topological polar surface area (TPSA) is 110 Å². The number of rotatable bonds is 6. The number of amides is 1. The largest absolute Gasteiger partial charge is 0.478 e. The standard InChI is InChI=1S/C21H17N5O3/c27-20(22-12-26-13-23-24-25-26)18-8-7-16-4-3-15(10-19(16)11-18)9-14-1-5-17(6-2-14)21(28)29/h1-8,10-11,13H,9,12H2,(H,22,27)(H,28,29). The van der Waals surface area contributed by atoms with Gasteiger partial charge in [-0.15, -0.1) is 5.10 Å². The van der Waals surface area contributed by atoms with E-state index in [1.807, 2.05) is 42.5 Å². The molecule has 0 saturated heterocycles. The minimum Gasteiger partial charge on any atom is -0.478 e. The summed E-state index contributed by atoms with van der Waals surface area (Å²) in [6.45, 7) is 0.191. The number of tetrazole rings is 1. The van der Waals surface area contributed by atoms with Gasteiger partial charge in [-0.2, -0.15) is 0 Å². The van der Waals surface area contributed by atoms with Crippen molar-refractivity contribution in [3.05, 3.63) is 89.2 Å². The van der Waals surface area contributed by atoms with Gasteiger partial charge in [0.1, 0.15) is 13.0 Å². The summed E-state index contributed by atoms with van der Waals surface area (Å²) in [5.41, 5.74) is 2.91. The van der Waals surface area contributed by atoms with Crippen molar-refractivity contribution in [3.8, 4) is 0 Å². The first-order valence-electron chi connectivity index (χ1n) is 8.92. The zero-order valence-corrected chi connectivity index (χ0v) is 15.3. The van der Waals surface area contributed by atoms with E-state index in [2.05, 4.69) is 20.8 Å². The average Bonchev–Trinajstić information content (AvgIpc) is 3.25. The van der Waals surface area contributed by atoms with Crippen LogP contribution in [-0.4, -0.2) is 37.2 Å². The lowest BCUT2D eigenvalue weighted by molar-refractivity contribution is 0.0696. The van der Waals surface area contributed by atoms with Gasteiger partial charge in [-0.05, 0) is 63.0 Å². The molecule has 4 aromatic rings. The summed E-state index contributed by atoms with van der Waals surface area (Å²) in [6.07, 6.45) is 2.10. The quantitative estimate of drug-likeness (QED) is 0.526. The van der Waals surface area contributed by atoms with Gasteiger partial charge in [-0.25, -0.2) is 9.48 Å². The first-order valence-corrected chi connectivity index (χ1v) is 8.92. The number of aromatic nitrogens is 4. The number of hydrogen-bond donors (Lipinski definition) is 2. The molecule has 1 amide bonds. The first-order chi connectivity index (χ1) is 14.1. The van der Waals surface area contributed by atoms with Crippen molar-refractivity contribution in [1.29, 1.82) is 0 Å². The zero-order valence-electron chi connectivity index (χ0n) is 15.3. The molecule has 0 radical (unpaired) electrons. The number of benzene rings is 3. The van der Waals surface area contributed by atoms with Gasteiger partial charge in [0.25, 0.3) is 5.91 Å². The predicted molar refractivity (Wildman–Crippen MR) is 105 cm³/mol. The fourth-order valence-electron chi connectivity index (χ4n) is 3.06. The van der Waals surface area contributed by atoms with Crippen LogP contribution in [0.3, 0.4) is 0 Å². The summed E-state index contributed by atoms with van der Waals surface area (Å²) in [7, 11) is 0. The van der Waals surface area contributed by atoms with E-state index < -0.39 is 5.97 Å². The molecule has 1 heterocycles. The summed E-state index contributed by atoms with van der Waals surface area (Å²) in [4.78, 5) is 23.4. The smallest absolute Gasteiger partial charge is 0.335 e. The lowest BCUT2D eigenvalue weighted by Gasteiger charge is -2.08. The highest BCUT2D eigenvalue weighted by Crippen LogP contribution is 2.20. The van der Waals surface area contributed by atoms with Crippen LogP contribution >= 0.6 is 0 Å². The lowest BCUT2D eigenvalue weighted by Crippen LogP contribution is -2.26. The van der Waals surface area contributed by atoms with Crippen LogP contribution in [0.1, 0.15) is 31.8 Å². The Morgan fingerprint density at radius 2 is 1.62 bits per heavy atom. The Morgan fingerprint density at radius 1 is 0.897 bits per heavy atom. The van der Waals surface area contributed by atoms with Gasteiger partial charge in [0.15, 0.2) is 0 Å². The Bertz CT molecular complexity index is 1170. The van der Waals surface area contributed by atoms with E-state index in [1.165, 1.54) is 11.0 Å². The minimum atomic E-state index is -0.937. The minimum absolute atomic E-state index is 0.191. The van der Waals surface area contributed by atoms with Gasteiger partial charge in [-0.1, -0.05) is 36.4 Å². The van der Waals surface area contributed by atoms with E-state index >= 15 is 0 Å². The highest BCUT2D eigenvalue weighted by molar-refractivity contribution is 5.98. The van der Waals surface area contributed by atoms with Crippen molar-refractivity contribution in [3.63, 3.8) is 0 Å². The van der Waals surface area contributed by atoms with E-state index in [-0.39, 0.29) is 18.1 Å². The van der Waals surface area contributed by atoms with E-state index in [0.717, 1.165) is 21.9 Å². The molecule has 144 valence electrons. The molecule has 8 nitrogen and oxygen atoms in total. The average molecular weight is 387 g/mol. The Hall–Kier alpha value is -4.07. The number of carboxylic acids is 1. The Labute approximate surface area is 165 Å². The summed E-state index contributed by atoms with van der Waals surface area (Å²) in [6, 6.07) is 18.5. The number of carbonyl (C=O) groups excluding carboxylic acids is 1. The molecule has 0 atom stereocenters. The molecule has 8 heteroatoms. The fourth-order valence-corrected chi connectivity index (χ4v) is 3.06. The molecular formula is C21H17N5O3. The molecule has 0 bridgehead atoms. The van der Waals surface area contributed by atoms with Crippen LogP contribution in [0.4, 0.5) is 0 Å². The Morgan fingerprint density at radius 3 is 2.34 bits per heavy atom. The van der Waals surface area contributed by atoms with Gasteiger partial charge in [-0.3, -0.25) is 4.79 Å². The van der Waals surface area contributed by atoms with E-state index in [0.29, 0.717) is 12.0 Å². The molecule has 0 unspecified atom stereocenters. The highest BCUT2D eigenvalue weighted by Gasteiger charge is 2.08. The van der Waals surface area contributed by atoms with Gasteiger partial charge in [0.05, 0.1) is 5.56 Å². The molecule has 0 spiro atoms. The Balaban J connectivity index is 1.51. The van der Waals surface area contributed by atoms with Crippen LogP contribution in [0.2, 0.25) is 0 Å². The van der Waals surface area contributed by atoms with E-state index in [9.17, 15) is 9.59 Å². The summed E-state index contributed by atoms with van der Waals surface area (Å²) >= 11 is 0. The van der Waals surface area contributed by atoms with Crippen LogP contribution in [0.5, 0.6) is 0 Å². The number of carbonyl (C=O) groups is 2. The van der Waals surface area contributed by atoms with Gasteiger partial charge < -0.3 is 10.4 Å². The highest BCUT2D eigenvalue weighted by atomic mass is 16.4. The van der Waals surface area contributed by atoms with Crippen LogP contribution in [-0.2, 0) is 13.1 Å². The molecule has 0 aliphatic rings. The van der Waals surface area contributed by atoms with Crippen LogP contribution in [0.25, 0.3) is 10.8 Å². The molecule has 3 aromatic carbocycles. The second kappa shape index (κ2) is 7.89. The molecule has 0 fully saturated rings. The van der Waals surface area contributed by atoms with Gasteiger partial charge >= 0.3 is 5.97 Å². The molecular weight excluding hydrogens is 370 g/mol. The molecule has 0 aliphatic heterocycles. The van der Waals surface area contributed by atoms with E-state index in [1.54, 1.807) is 18.2 Å². The SMILES string of the molecule is O=C(O)c1ccc(Cc2ccc3ccc(C(=O)NCn4cnnn4)cc3c2)cc1. The van der Waals surface area contributed by atoms with Crippen LogP contribution in [0, 0.1) is 0 Å². The monoisotopic (exact) mass is 387 g/mol. The summed E-state index contributed by atoms with van der Waals surface area (Å²) in [5, 5.41) is 24.5. The van der Waals surface area contributed by atoms with Crippen molar-refractivity contribution in [2.45, 2.75) is 13.1 Å². The van der Waals surface area contributed by atoms with Gasteiger partial charge in [0.2, 0.25) is 0 Å². The normalized spacial score (nSPS) is 10.8. The summed E-state index contributed by atoms with van der Waals surface area (Å²) in [5.74, 6) is -1.15. The molecule has 0 aliphatic carbocycles. The van der Waals surface area contributed by atoms with Crippen LogP contribution in [0.15, 0.2) is 67.0 Å². The number of carboxylic acid groups (broad SMARTS) is 1. The van der Waals surface area contributed by atoms with Crippen molar-refractivity contribution in [2.75, 3.05) is 0 Å². The number of nitrogens with one attached hydrogen (secondary N) is 1. The second-order valence-electron chi connectivity index (χ2n) is 6.59. The molecule has 4 rings (SSSR count). The second-order valence-corrected chi connectivity index (χ2v) is 6.59. The zero-order chi connectivity index (χ0) is 20.2. The first kappa shape index (κ1) is 18.3. The maximum absolute atomic E-state index is 12.4. The maximum Gasteiger partial charge on any atom is 0.335 e. The number of hydrogen-bond acceptors (Lipinski definition) is 5. The molecule has 0 saturated carbocycles. The van der Waals surface area contributed by atoms with Crippen molar-refractivity contribution < 1.29 is 14.7 Å². The third-order valence-electron chi connectivity index (χ3n) is 4.57. The van der Waals surface area contributed by atoms with Crippen LogP contribution < -0.4 is 5.32 Å². The predicted octanol–water partition coefficient (Wildman–Crippen LogP) is 2.50. The third-order valence-corrected chi connectivity index (χ3v) is 4.57. The third kappa shape index (κ3) is 4.27. The number of fused-ring (bicyclic) bond motifs is 1. The van der Waals surface area contributed by atoms with Crippen molar-refractivity contribution in [1.82, 2.24) is 25.5 Å². The van der Waals surface area contributed by atoms with Crippen molar-refractivity contribution in [2.24, 2.45) is 0 Å². The summed E-state index contributed by atoms with van der Waals surface area (Å²) < 4.78 is 1.42. The van der Waals surface area contributed by atoms with Gasteiger partial charge in [0, 0.05) is 5.56 Å².